The van der Waals surface area contributed by atoms with E-state index in [1.807, 2.05) is 0 Å². The molecule has 0 radical (unpaired) electrons. The minimum Gasteiger partial charge on any atom is -0.462 e. The SMILES string of the molecule is CCC(C)CCCCCCCCCCCCC(=O)O[C@H](COC(=O)CCCCCCCCCCC(C)C)COP(=O)(O)OCC(O)COP(=O)(O)OC[C@@H](COC(=O)CCCCCCCCCCCCCCC(C)C)OC(=O)CCCCCCCCC(C)CC. The monoisotopic (exact) mass is 1320 g/mol. The summed E-state index contributed by atoms with van der Waals surface area (Å²) in [6.45, 7) is 14.1. The van der Waals surface area contributed by atoms with Gasteiger partial charge < -0.3 is 33.8 Å². The molecule has 0 aliphatic rings. The first-order valence-corrected chi connectivity index (χ1v) is 39.8. The van der Waals surface area contributed by atoms with E-state index in [0.29, 0.717) is 25.7 Å². The highest BCUT2D eigenvalue weighted by Crippen LogP contribution is 2.45. The number of phosphoric acid groups is 2. The van der Waals surface area contributed by atoms with E-state index in [4.69, 9.17) is 37.0 Å². The van der Waals surface area contributed by atoms with Crippen molar-refractivity contribution in [2.75, 3.05) is 39.6 Å². The summed E-state index contributed by atoms with van der Waals surface area (Å²) in [5, 5.41) is 10.6. The number of esters is 4. The van der Waals surface area contributed by atoms with Crippen LogP contribution in [-0.2, 0) is 65.4 Å². The fourth-order valence-corrected chi connectivity index (χ4v) is 12.2. The molecule has 534 valence electrons. The molecule has 3 N–H and O–H groups in total. The van der Waals surface area contributed by atoms with Gasteiger partial charge in [-0.3, -0.25) is 37.3 Å². The Balaban J connectivity index is 5.25. The molecule has 0 saturated heterocycles. The molecule has 0 aromatic carbocycles. The van der Waals surface area contributed by atoms with Crippen molar-refractivity contribution >= 4 is 39.5 Å². The van der Waals surface area contributed by atoms with Crippen LogP contribution in [0.4, 0.5) is 0 Å². The highest BCUT2D eigenvalue weighted by molar-refractivity contribution is 7.47. The van der Waals surface area contributed by atoms with Gasteiger partial charge in [-0.2, -0.15) is 0 Å². The maximum absolute atomic E-state index is 13.0. The van der Waals surface area contributed by atoms with Gasteiger partial charge in [0.05, 0.1) is 26.4 Å². The molecule has 0 bridgehead atoms. The third-order valence-corrected chi connectivity index (χ3v) is 18.9. The zero-order valence-electron chi connectivity index (χ0n) is 58.8. The van der Waals surface area contributed by atoms with E-state index in [1.165, 1.54) is 154 Å². The predicted octanol–water partition coefficient (Wildman–Crippen LogP) is 20.1. The number of rotatable bonds is 68. The number of carbonyl (C=O) groups excluding carboxylic acids is 4. The van der Waals surface area contributed by atoms with Gasteiger partial charge in [0, 0.05) is 25.7 Å². The van der Waals surface area contributed by atoms with Crippen LogP contribution in [0.25, 0.3) is 0 Å². The number of carbonyl (C=O) groups is 4. The number of phosphoric ester groups is 2. The van der Waals surface area contributed by atoms with Crippen molar-refractivity contribution in [1.29, 1.82) is 0 Å². The Morgan fingerprint density at radius 3 is 0.789 bits per heavy atom. The summed E-state index contributed by atoms with van der Waals surface area (Å²) in [7, 11) is -9.90. The van der Waals surface area contributed by atoms with Gasteiger partial charge in [-0.25, -0.2) is 9.13 Å². The minimum atomic E-state index is -4.95. The van der Waals surface area contributed by atoms with Crippen molar-refractivity contribution < 1.29 is 80.2 Å². The molecule has 0 fully saturated rings. The number of aliphatic hydroxyl groups is 1. The first-order valence-electron chi connectivity index (χ1n) is 36.8. The summed E-state index contributed by atoms with van der Waals surface area (Å²) in [5.74, 6) is 0.901. The van der Waals surface area contributed by atoms with Gasteiger partial charge >= 0.3 is 39.5 Å². The molecule has 90 heavy (non-hydrogen) atoms. The van der Waals surface area contributed by atoms with Gasteiger partial charge in [-0.1, -0.05) is 299 Å². The van der Waals surface area contributed by atoms with Crippen molar-refractivity contribution in [3.63, 3.8) is 0 Å². The highest BCUT2D eigenvalue weighted by atomic mass is 31.2. The molecular formula is C71H138O17P2. The molecule has 0 heterocycles. The van der Waals surface area contributed by atoms with Gasteiger partial charge in [-0.15, -0.1) is 0 Å². The topological polar surface area (TPSA) is 237 Å². The Bertz CT molecular complexity index is 1790. The van der Waals surface area contributed by atoms with Crippen molar-refractivity contribution in [3.05, 3.63) is 0 Å². The fourth-order valence-electron chi connectivity index (χ4n) is 10.6. The van der Waals surface area contributed by atoms with Crippen LogP contribution in [0, 0.1) is 23.7 Å². The normalized spacial score (nSPS) is 14.9. The van der Waals surface area contributed by atoms with Gasteiger partial charge in [0.15, 0.2) is 12.2 Å². The molecule has 19 heteroatoms. The van der Waals surface area contributed by atoms with E-state index < -0.39 is 97.5 Å². The second kappa shape index (κ2) is 60.7. The third-order valence-electron chi connectivity index (χ3n) is 17.0. The summed E-state index contributed by atoms with van der Waals surface area (Å²) >= 11 is 0. The van der Waals surface area contributed by atoms with E-state index in [9.17, 15) is 43.2 Å². The quantitative estimate of drug-likeness (QED) is 0.0222. The zero-order chi connectivity index (χ0) is 66.8. The molecule has 0 aliphatic heterocycles. The van der Waals surface area contributed by atoms with Crippen LogP contribution >= 0.6 is 15.6 Å². The lowest BCUT2D eigenvalue weighted by molar-refractivity contribution is -0.161. The average Bonchev–Trinajstić information content (AvgIpc) is 3.02. The highest BCUT2D eigenvalue weighted by Gasteiger charge is 2.30. The molecule has 17 nitrogen and oxygen atoms in total. The average molecular weight is 1330 g/mol. The number of hydrogen-bond acceptors (Lipinski definition) is 15. The summed E-state index contributed by atoms with van der Waals surface area (Å²) < 4.78 is 68.3. The van der Waals surface area contributed by atoms with Crippen LogP contribution < -0.4 is 0 Å². The second-order valence-corrected chi connectivity index (χ2v) is 30.0. The Labute approximate surface area is 549 Å². The standard InChI is InChI=1S/C71H138O17P2/c1-9-63(7)49-41-33-25-18-15-16-20-28-37-45-53-70(75)87-66(57-82-69(74)52-44-36-27-22-21-24-32-40-48-62(5)6)59-85-89(77,78)83-55-65(72)56-84-90(79,80)86-60-67(88-71(76)54-46-38-30-29-34-42-50-64(8)10-2)58-81-68(73)51-43-35-26-19-14-12-11-13-17-23-31-39-47-61(3)4/h61-67,72H,9-60H2,1-8H3,(H,77,78)(H,79,80)/t63?,64?,65?,66-,67-/m1/s1. The molecule has 0 spiro atoms. The van der Waals surface area contributed by atoms with E-state index >= 15 is 0 Å². The Hall–Kier alpha value is -1.94. The predicted molar refractivity (Wildman–Crippen MR) is 363 cm³/mol. The lowest BCUT2D eigenvalue weighted by atomic mass is 9.99. The molecule has 5 unspecified atom stereocenters. The summed E-state index contributed by atoms with van der Waals surface area (Å²) in [6.07, 6.45) is 43.0. The van der Waals surface area contributed by atoms with E-state index in [-0.39, 0.29) is 25.7 Å². The van der Waals surface area contributed by atoms with Crippen LogP contribution in [-0.4, -0.2) is 96.7 Å². The largest absolute Gasteiger partial charge is 0.472 e. The van der Waals surface area contributed by atoms with Crippen molar-refractivity contribution in [1.82, 2.24) is 0 Å². The maximum atomic E-state index is 13.0. The maximum Gasteiger partial charge on any atom is 0.472 e. The Morgan fingerprint density at radius 2 is 0.533 bits per heavy atom. The lowest BCUT2D eigenvalue weighted by Crippen LogP contribution is -2.30. The van der Waals surface area contributed by atoms with E-state index in [0.717, 1.165) is 114 Å². The number of unbranched alkanes of at least 4 members (excludes halogenated alkanes) is 32. The Kier molecular flexibility index (Phi) is 59.4. The third kappa shape index (κ3) is 62.2. The molecule has 7 atom stereocenters. The first kappa shape index (κ1) is 88.1. The molecule has 0 saturated carbocycles. The molecule has 0 aromatic heterocycles. The smallest absolute Gasteiger partial charge is 0.462 e. The van der Waals surface area contributed by atoms with Crippen LogP contribution in [0.2, 0.25) is 0 Å². The molecule has 0 aromatic rings. The molecule has 0 aliphatic carbocycles. The van der Waals surface area contributed by atoms with Crippen LogP contribution in [0.15, 0.2) is 0 Å². The summed E-state index contributed by atoms with van der Waals surface area (Å²) in [5.41, 5.74) is 0. The second-order valence-electron chi connectivity index (χ2n) is 27.1. The molecular weight excluding hydrogens is 1190 g/mol. The first-order chi connectivity index (χ1) is 43.2. The van der Waals surface area contributed by atoms with Gasteiger partial charge in [0.1, 0.15) is 19.3 Å². The number of hydrogen-bond donors (Lipinski definition) is 3. The van der Waals surface area contributed by atoms with Crippen molar-refractivity contribution in [2.24, 2.45) is 23.7 Å². The molecule has 0 amide bonds. The number of aliphatic hydroxyl groups excluding tert-OH is 1. The number of ether oxygens (including phenoxy) is 4. The van der Waals surface area contributed by atoms with Gasteiger partial charge in [0.2, 0.25) is 0 Å². The molecule has 0 rings (SSSR count). The Morgan fingerprint density at radius 1 is 0.311 bits per heavy atom. The summed E-state index contributed by atoms with van der Waals surface area (Å²) in [6, 6.07) is 0. The van der Waals surface area contributed by atoms with Crippen LogP contribution in [0.5, 0.6) is 0 Å². The summed E-state index contributed by atoms with van der Waals surface area (Å²) in [4.78, 5) is 72.6. The minimum absolute atomic E-state index is 0.102. The van der Waals surface area contributed by atoms with Gasteiger partial charge in [-0.05, 0) is 49.4 Å². The zero-order valence-corrected chi connectivity index (χ0v) is 60.6. The van der Waals surface area contributed by atoms with Crippen molar-refractivity contribution in [2.45, 2.75) is 369 Å². The van der Waals surface area contributed by atoms with E-state index in [2.05, 4.69) is 55.4 Å². The van der Waals surface area contributed by atoms with Crippen molar-refractivity contribution in [3.8, 4) is 0 Å². The van der Waals surface area contributed by atoms with Gasteiger partial charge in [0.25, 0.3) is 0 Å². The fraction of sp³-hybridized carbons (Fsp3) is 0.944. The van der Waals surface area contributed by atoms with E-state index in [1.54, 1.807) is 0 Å². The van der Waals surface area contributed by atoms with Crippen LogP contribution in [0.1, 0.15) is 351 Å². The lowest BCUT2D eigenvalue weighted by Gasteiger charge is -2.21. The van der Waals surface area contributed by atoms with Crippen LogP contribution in [0.3, 0.4) is 0 Å².